The predicted octanol–water partition coefficient (Wildman–Crippen LogP) is 3.01. The molecule has 1 amide bonds. The van der Waals surface area contributed by atoms with Crippen LogP contribution in [0.4, 0.5) is 11.4 Å². The molecule has 0 saturated carbocycles. The van der Waals surface area contributed by atoms with Crippen molar-refractivity contribution in [1.29, 1.82) is 0 Å². The molecule has 1 aliphatic heterocycles. The second kappa shape index (κ2) is 7.14. The summed E-state index contributed by atoms with van der Waals surface area (Å²) in [6.07, 6.45) is 2.41. The van der Waals surface area contributed by atoms with Gasteiger partial charge in [-0.3, -0.25) is 9.52 Å². The number of nitrogens with one attached hydrogen (secondary N) is 1. The van der Waals surface area contributed by atoms with Gasteiger partial charge in [-0.15, -0.1) is 0 Å². The maximum atomic E-state index is 12.5. The molecule has 1 fully saturated rings. The van der Waals surface area contributed by atoms with Gasteiger partial charge in [0.2, 0.25) is 5.91 Å². The van der Waals surface area contributed by atoms with Gasteiger partial charge in [0, 0.05) is 24.7 Å². The average Bonchev–Trinajstić information content (AvgIpc) is 2.62. The van der Waals surface area contributed by atoms with Gasteiger partial charge in [-0.1, -0.05) is 6.07 Å². The maximum absolute atomic E-state index is 12.5. The van der Waals surface area contributed by atoms with Gasteiger partial charge < -0.3 is 9.64 Å². The van der Waals surface area contributed by atoms with Gasteiger partial charge in [-0.05, 0) is 49.2 Å². The number of piperidine rings is 1. The number of hydrogen-bond donors (Lipinski definition) is 1. The molecule has 3 rings (SSSR count). The van der Waals surface area contributed by atoms with Crippen molar-refractivity contribution >= 4 is 27.3 Å². The molecule has 2 aromatic carbocycles. The summed E-state index contributed by atoms with van der Waals surface area (Å²) in [5.41, 5.74) is 1.15. The first kappa shape index (κ1) is 17.3. The monoisotopic (exact) mass is 360 g/mol. The molecule has 1 N–H and O–H groups in total. The number of anilines is 2. The largest absolute Gasteiger partial charge is 0.497 e. The first-order chi connectivity index (χ1) is 12.0. The third-order valence-electron chi connectivity index (χ3n) is 4.10. The van der Waals surface area contributed by atoms with Crippen molar-refractivity contribution in [2.75, 3.05) is 23.3 Å². The molecule has 0 aliphatic carbocycles. The minimum absolute atomic E-state index is 0.0800. The molecule has 0 bridgehead atoms. The van der Waals surface area contributed by atoms with E-state index >= 15 is 0 Å². The summed E-state index contributed by atoms with van der Waals surface area (Å²) in [6, 6.07) is 13.1. The summed E-state index contributed by atoms with van der Waals surface area (Å²) >= 11 is 0. The molecule has 0 radical (unpaired) electrons. The number of nitrogens with zero attached hydrogens (tertiary/aromatic N) is 1. The SMILES string of the molecule is COc1cccc(NS(=O)(=O)c2ccc(N3CCCCC3=O)cc2)c1. The van der Waals surface area contributed by atoms with Gasteiger partial charge >= 0.3 is 0 Å². The number of sulfonamides is 1. The Morgan fingerprint density at radius 2 is 1.84 bits per heavy atom. The normalized spacial score (nSPS) is 15.1. The van der Waals surface area contributed by atoms with Crippen molar-refractivity contribution in [3.8, 4) is 5.75 Å². The summed E-state index contributed by atoms with van der Waals surface area (Å²) in [4.78, 5) is 13.8. The van der Waals surface area contributed by atoms with Gasteiger partial charge in [0.1, 0.15) is 5.75 Å². The molecule has 25 heavy (non-hydrogen) atoms. The second-order valence-corrected chi connectivity index (χ2v) is 7.52. The molecule has 0 atom stereocenters. The van der Waals surface area contributed by atoms with Gasteiger partial charge in [0.05, 0.1) is 17.7 Å². The van der Waals surface area contributed by atoms with Crippen LogP contribution in [-0.2, 0) is 14.8 Å². The highest BCUT2D eigenvalue weighted by atomic mass is 32.2. The Kier molecular flexibility index (Phi) is 4.94. The lowest BCUT2D eigenvalue weighted by molar-refractivity contribution is -0.119. The zero-order valence-corrected chi connectivity index (χ0v) is 14.8. The van der Waals surface area contributed by atoms with Crippen LogP contribution >= 0.6 is 0 Å². The molecule has 0 unspecified atom stereocenters. The van der Waals surface area contributed by atoms with Crippen LogP contribution < -0.4 is 14.4 Å². The van der Waals surface area contributed by atoms with Crippen LogP contribution in [0.25, 0.3) is 0 Å². The fraction of sp³-hybridized carbons (Fsp3) is 0.278. The molecule has 0 aromatic heterocycles. The molecule has 1 aliphatic rings. The third kappa shape index (κ3) is 3.93. The molecule has 2 aromatic rings. The van der Waals surface area contributed by atoms with E-state index in [1.807, 2.05) is 0 Å². The number of hydrogen-bond acceptors (Lipinski definition) is 4. The fourth-order valence-corrected chi connectivity index (χ4v) is 3.83. The third-order valence-corrected chi connectivity index (χ3v) is 5.50. The predicted molar refractivity (Wildman–Crippen MR) is 96.4 cm³/mol. The summed E-state index contributed by atoms with van der Waals surface area (Å²) in [6.45, 7) is 0.674. The maximum Gasteiger partial charge on any atom is 0.261 e. The Bertz CT molecular complexity index is 863. The molecular formula is C18H20N2O4S. The topological polar surface area (TPSA) is 75.7 Å². The van der Waals surface area contributed by atoms with Gasteiger partial charge in [0.25, 0.3) is 10.0 Å². The van der Waals surface area contributed by atoms with E-state index in [1.54, 1.807) is 41.3 Å². The Labute approximate surface area is 147 Å². The van der Waals surface area contributed by atoms with Crippen molar-refractivity contribution in [2.45, 2.75) is 24.2 Å². The lowest BCUT2D eigenvalue weighted by Gasteiger charge is -2.26. The highest BCUT2D eigenvalue weighted by Gasteiger charge is 2.21. The van der Waals surface area contributed by atoms with Crippen LogP contribution in [0.2, 0.25) is 0 Å². The van der Waals surface area contributed by atoms with Crippen molar-refractivity contribution < 1.29 is 17.9 Å². The number of rotatable bonds is 5. The van der Waals surface area contributed by atoms with Crippen LogP contribution in [0.3, 0.4) is 0 Å². The van der Waals surface area contributed by atoms with E-state index in [-0.39, 0.29) is 10.8 Å². The molecule has 7 heteroatoms. The first-order valence-electron chi connectivity index (χ1n) is 8.07. The number of ether oxygens (including phenoxy) is 1. The zero-order chi connectivity index (χ0) is 17.9. The Balaban J connectivity index is 1.79. The van der Waals surface area contributed by atoms with E-state index in [2.05, 4.69) is 4.72 Å². The van der Waals surface area contributed by atoms with Crippen LogP contribution in [-0.4, -0.2) is 28.0 Å². The highest BCUT2D eigenvalue weighted by Crippen LogP contribution is 2.24. The van der Waals surface area contributed by atoms with Crippen molar-refractivity contribution in [3.63, 3.8) is 0 Å². The lowest BCUT2D eigenvalue weighted by atomic mass is 10.1. The van der Waals surface area contributed by atoms with Crippen LogP contribution in [0, 0.1) is 0 Å². The quantitative estimate of drug-likeness (QED) is 0.889. The van der Waals surface area contributed by atoms with E-state index in [4.69, 9.17) is 4.74 Å². The van der Waals surface area contributed by atoms with E-state index < -0.39 is 10.0 Å². The summed E-state index contributed by atoms with van der Waals surface area (Å²) in [7, 11) is -2.19. The average molecular weight is 360 g/mol. The standard InChI is InChI=1S/C18H20N2O4S/c1-24-16-6-4-5-14(13-16)19-25(22,23)17-10-8-15(9-11-17)20-12-3-2-7-18(20)21/h4-6,8-11,13,19H,2-3,7,12H2,1H3. The second-order valence-electron chi connectivity index (χ2n) is 5.83. The van der Waals surface area contributed by atoms with Gasteiger partial charge in [-0.25, -0.2) is 8.42 Å². The van der Waals surface area contributed by atoms with Gasteiger partial charge in [-0.2, -0.15) is 0 Å². The summed E-state index contributed by atoms with van der Waals surface area (Å²) in [5.74, 6) is 0.649. The minimum atomic E-state index is -3.71. The number of amides is 1. The van der Waals surface area contributed by atoms with Crippen molar-refractivity contribution in [1.82, 2.24) is 0 Å². The Morgan fingerprint density at radius 3 is 2.52 bits per heavy atom. The molecule has 0 spiro atoms. The van der Waals surface area contributed by atoms with E-state index in [9.17, 15) is 13.2 Å². The number of benzene rings is 2. The number of carbonyl (C=O) groups excluding carboxylic acids is 1. The summed E-state index contributed by atoms with van der Waals surface area (Å²) in [5, 5.41) is 0. The molecule has 132 valence electrons. The van der Waals surface area contributed by atoms with E-state index in [0.29, 0.717) is 24.4 Å². The smallest absolute Gasteiger partial charge is 0.261 e. The molecule has 6 nitrogen and oxygen atoms in total. The number of carbonyl (C=O) groups is 1. The fourth-order valence-electron chi connectivity index (χ4n) is 2.78. The summed E-state index contributed by atoms with van der Waals surface area (Å²) < 4.78 is 32.7. The van der Waals surface area contributed by atoms with Crippen LogP contribution in [0.5, 0.6) is 5.75 Å². The molecular weight excluding hydrogens is 340 g/mol. The van der Waals surface area contributed by atoms with Crippen LogP contribution in [0.15, 0.2) is 53.4 Å². The lowest BCUT2D eigenvalue weighted by Crippen LogP contribution is -2.35. The minimum Gasteiger partial charge on any atom is -0.497 e. The molecule has 1 saturated heterocycles. The highest BCUT2D eigenvalue weighted by molar-refractivity contribution is 7.92. The van der Waals surface area contributed by atoms with E-state index in [0.717, 1.165) is 18.5 Å². The Morgan fingerprint density at radius 1 is 1.08 bits per heavy atom. The number of methoxy groups -OCH3 is 1. The van der Waals surface area contributed by atoms with Gasteiger partial charge in [0.15, 0.2) is 0 Å². The van der Waals surface area contributed by atoms with Crippen molar-refractivity contribution in [3.05, 3.63) is 48.5 Å². The molecule has 1 heterocycles. The Hall–Kier alpha value is -2.54. The van der Waals surface area contributed by atoms with Crippen LogP contribution in [0.1, 0.15) is 19.3 Å². The first-order valence-corrected chi connectivity index (χ1v) is 9.55. The zero-order valence-electron chi connectivity index (χ0n) is 13.9. The van der Waals surface area contributed by atoms with E-state index in [1.165, 1.54) is 19.2 Å². The van der Waals surface area contributed by atoms with Crippen molar-refractivity contribution in [2.24, 2.45) is 0 Å².